The predicted octanol–water partition coefficient (Wildman–Crippen LogP) is 0.756. The van der Waals surface area contributed by atoms with Crippen molar-refractivity contribution in [2.75, 3.05) is 33.7 Å². The van der Waals surface area contributed by atoms with Gasteiger partial charge in [-0.1, -0.05) is 0 Å². The minimum atomic E-state index is -0.705. The van der Waals surface area contributed by atoms with E-state index < -0.39 is 11.2 Å². The van der Waals surface area contributed by atoms with Crippen LogP contribution in [0, 0.1) is 5.92 Å². The SMILES string of the molecule is CN(C)CC1CC(O)CN1CC1C(=O)C(C)(C)OC1(C)C. The molecule has 1 N–H and O–H groups in total. The van der Waals surface area contributed by atoms with Gasteiger partial charge >= 0.3 is 0 Å². The number of ether oxygens (including phenoxy) is 1. The van der Waals surface area contributed by atoms with Crippen LogP contribution in [0.5, 0.6) is 0 Å². The number of Topliss-reactive ketones (excluding diaryl/α,β-unsaturated/α-hetero) is 1. The van der Waals surface area contributed by atoms with Crippen molar-refractivity contribution in [3.63, 3.8) is 0 Å². The van der Waals surface area contributed by atoms with Crippen LogP contribution in [0.25, 0.3) is 0 Å². The van der Waals surface area contributed by atoms with Gasteiger partial charge in [-0.3, -0.25) is 9.69 Å². The summed E-state index contributed by atoms with van der Waals surface area (Å²) in [4.78, 5) is 17.0. The molecule has 3 atom stereocenters. The number of ketones is 1. The summed E-state index contributed by atoms with van der Waals surface area (Å²) in [6.07, 6.45) is 0.493. The van der Waals surface area contributed by atoms with E-state index in [4.69, 9.17) is 4.74 Å². The second-order valence-electron chi connectivity index (χ2n) is 7.89. The van der Waals surface area contributed by atoms with Gasteiger partial charge in [0.15, 0.2) is 5.78 Å². The zero-order chi connectivity index (χ0) is 16.0. The lowest BCUT2D eigenvalue weighted by atomic mass is 9.85. The zero-order valence-corrected chi connectivity index (χ0v) is 14.2. The average Bonchev–Trinajstić information content (AvgIpc) is 2.68. The van der Waals surface area contributed by atoms with Crippen LogP contribution < -0.4 is 0 Å². The highest BCUT2D eigenvalue weighted by Gasteiger charge is 2.54. The van der Waals surface area contributed by atoms with Gasteiger partial charge in [-0.05, 0) is 48.2 Å². The lowest BCUT2D eigenvalue weighted by molar-refractivity contribution is -0.132. The number of carbonyl (C=O) groups is 1. The Kier molecular flexibility index (Phi) is 4.51. The maximum atomic E-state index is 12.6. The minimum absolute atomic E-state index is 0.137. The van der Waals surface area contributed by atoms with Gasteiger partial charge in [-0.2, -0.15) is 0 Å². The topological polar surface area (TPSA) is 53.0 Å². The van der Waals surface area contributed by atoms with E-state index in [0.717, 1.165) is 13.0 Å². The van der Waals surface area contributed by atoms with Crippen molar-refractivity contribution < 1.29 is 14.6 Å². The molecule has 0 bridgehead atoms. The standard InChI is InChI=1S/C16H30N2O3/c1-15(2)13(14(20)16(3,4)21-15)10-18-9-12(19)7-11(18)8-17(5)6/h11-13,19H,7-10H2,1-6H3. The normalized spacial score (nSPS) is 35.8. The number of carbonyl (C=O) groups excluding carboxylic acids is 1. The molecular weight excluding hydrogens is 268 g/mol. The molecule has 2 fully saturated rings. The van der Waals surface area contributed by atoms with E-state index >= 15 is 0 Å². The summed E-state index contributed by atoms with van der Waals surface area (Å²) >= 11 is 0. The lowest BCUT2D eigenvalue weighted by Crippen LogP contribution is -2.45. The Morgan fingerprint density at radius 1 is 1.33 bits per heavy atom. The molecule has 0 spiro atoms. The fraction of sp³-hybridized carbons (Fsp3) is 0.938. The molecule has 0 saturated carbocycles. The molecule has 0 aromatic carbocycles. The Labute approximate surface area is 128 Å². The van der Waals surface area contributed by atoms with Gasteiger partial charge in [0.1, 0.15) is 5.60 Å². The number of aliphatic hydroxyl groups is 1. The first-order valence-corrected chi connectivity index (χ1v) is 7.84. The number of hydrogen-bond donors (Lipinski definition) is 1. The molecule has 2 heterocycles. The van der Waals surface area contributed by atoms with Crippen molar-refractivity contribution in [2.24, 2.45) is 5.92 Å². The number of aliphatic hydroxyl groups excluding tert-OH is 1. The van der Waals surface area contributed by atoms with Crippen molar-refractivity contribution in [3.8, 4) is 0 Å². The third-order valence-electron chi connectivity index (χ3n) is 4.77. The first kappa shape index (κ1) is 16.9. The summed E-state index contributed by atoms with van der Waals surface area (Å²) in [5.41, 5.74) is -1.15. The van der Waals surface area contributed by atoms with E-state index in [1.165, 1.54) is 0 Å². The van der Waals surface area contributed by atoms with E-state index in [1.54, 1.807) is 0 Å². The van der Waals surface area contributed by atoms with E-state index in [9.17, 15) is 9.90 Å². The Morgan fingerprint density at radius 3 is 2.43 bits per heavy atom. The van der Waals surface area contributed by atoms with Crippen molar-refractivity contribution in [1.82, 2.24) is 9.80 Å². The minimum Gasteiger partial charge on any atom is -0.392 e. The number of hydrogen-bond acceptors (Lipinski definition) is 5. The largest absolute Gasteiger partial charge is 0.392 e. The number of β-amino-alcohol motifs (C(OH)–C–C–N with tert-alkyl or cyclic N) is 1. The van der Waals surface area contributed by atoms with Crippen LogP contribution in [0.4, 0.5) is 0 Å². The number of rotatable bonds is 4. The van der Waals surface area contributed by atoms with Gasteiger partial charge in [-0.25, -0.2) is 0 Å². The molecule has 0 aliphatic carbocycles. The summed E-state index contributed by atoms with van der Waals surface area (Å²) in [5.74, 6) is 0.0416. The van der Waals surface area contributed by atoms with Gasteiger partial charge in [0.25, 0.3) is 0 Å². The molecule has 0 radical (unpaired) electrons. The molecule has 5 heteroatoms. The highest BCUT2D eigenvalue weighted by molar-refractivity contribution is 5.91. The van der Waals surface area contributed by atoms with Crippen LogP contribution in [0.2, 0.25) is 0 Å². The second kappa shape index (κ2) is 5.61. The van der Waals surface area contributed by atoms with E-state index in [2.05, 4.69) is 9.80 Å². The van der Waals surface area contributed by atoms with Crippen molar-refractivity contribution >= 4 is 5.78 Å². The molecule has 3 unspecified atom stereocenters. The van der Waals surface area contributed by atoms with Crippen molar-refractivity contribution in [3.05, 3.63) is 0 Å². The monoisotopic (exact) mass is 298 g/mol. The third kappa shape index (κ3) is 3.47. The Bertz CT molecular complexity index is 406. The summed E-state index contributed by atoms with van der Waals surface area (Å²) in [5, 5.41) is 9.98. The Hall–Kier alpha value is -0.490. The smallest absolute Gasteiger partial charge is 0.171 e. The fourth-order valence-electron chi connectivity index (χ4n) is 3.84. The molecular formula is C16H30N2O3. The van der Waals surface area contributed by atoms with Crippen molar-refractivity contribution in [1.29, 1.82) is 0 Å². The quantitative estimate of drug-likeness (QED) is 0.830. The second-order valence-corrected chi connectivity index (χ2v) is 7.89. The summed E-state index contributed by atoms with van der Waals surface area (Å²) in [6.45, 7) is 9.93. The summed E-state index contributed by atoms with van der Waals surface area (Å²) in [6, 6.07) is 0.308. The predicted molar refractivity (Wildman–Crippen MR) is 82.3 cm³/mol. The van der Waals surface area contributed by atoms with Crippen LogP contribution >= 0.6 is 0 Å². The van der Waals surface area contributed by atoms with Gasteiger partial charge < -0.3 is 14.7 Å². The average molecular weight is 298 g/mol. The molecule has 2 aliphatic heterocycles. The molecule has 21 heavy (non-hydrogen) atoms. The summed E-state index contributed by atoms with van der Waals surface area (Å²) < 4.78 is 5.97. The van der Waals surface area contributed by atoms with Crippen molar-refractivity contribution in [2.45, 2.75) is 57.5 Å². The Morgan fingerprint density at radius 2 is 1.95 bits per heavy atom. The van der Waals surface area contributed by atoms with Crippen LogP contribution in [-0.2, 0) is 9.53 Å². The molecule has 122 valence electrons. The molecule has 0 amide bonds. The van der Waals surface area contributed by atoms with Crippen LogP contribution in [0.15, 0.2) is 0 Å². The first-order chi connectivity index (χ1) is 9.53. The lowest BCUT2D eigenvalue weighted by Gasteiger charge is -2.32. The third-order valence-corrected chi connectivity index (χ3v) is 4.77. The highest BCUT2D eigenvalue weighted by atomic mass is 16.5. The molecule has 2 rings (SSSR count). The first-order valence-electron chi connectivity index (χ1n) is 7.84. The molecule has 2 saturated heterocycles. The van der Waals surface area contributed by atoms with Crippen LogP contribution in [0.1, 0.15) is 34.1 Å². The van der Waals surface area contributed by atoms with Crippen LogP contribution in [0.3, 0.4) is 0 Å². The maximum Gasteiger partial charge on any atom is 0.171 e. The van der Waals surface area contributed by atoms with Gasteiger partial charge in [0.2, 0.25) is 0 Å². The number of nitrogens with zero attached hydrogens (tertiary/aromatic N) is 2. The Balaban J connectivity index is 2.11. The number of likely N-dealkylation sites (tertiary alicyclic amines) is 1. The van der Waals surface area contributed by atoms with Gasteiger partial charge in [-0.15, -0.1) is 0 Å². The van der Waals surface area contributed by atoms with Gasteiger partial charge in [0, 0.05) is 25.7 Å². The molecule has 0 aromatic heterocycles. The molecule has 5 nitrogen and oxygen atoms in total. The zero-order valence-electron chi connectivity index (χ0n) is 14.2. The molecule has 0 aromatic rings. The maximum absolute atomic E-state index is 12.6. The highest BCUT2D eigenvalue weighted by Crippen LogP contribution is 2.40. The van der Waals surface area contributed by atoms with E-state index in [0.29, 0.717) is 19.1 Å². The summed E-state index contributed by atoms with van der Waals surface area (Å²) in [7, 11) is 4.08. The molecule has 2 aliphatic rings. The fourth-order valence-corrected chi connectivity index (χ4v) is 3.84. The van der Waals surface area contributed by atoms with Gasteiger partial charge in [0.05, 0.1) is 17.6 Å². The van der Waals surface area contributed by atoms with E-state index in [1.807, 2.05) is 41.8 Å². The van der Waals surface area contributed by atoms with E-state index in [-0.39, 0.29) is 17.8 Å². The number of likely N-dealkylation sites (N-methyl/N-ethyl adjacent to an activating group) is 1. The van der Waals surface area contributed by atoms with Crippen LogP contribution in [-0.4, -0.2) is 77.8 Å².